The van der Waals surface area contributed by atoms with Crippen molar-refractivity contribution in [1.29, 1.82) is 0 Å². The minimum absolute atomic E-state index is 0.0303. The normalized spacial score (nSPS) is 11.9. The number of hydrogen-bond acceptors (Lipinski definition) is 4. The van der Waals surface area contributed by atoms with Crippen LogP contribution in [0.3, 0.4) is 0 Å². The number of H-pyrrole nitrogens is 1. The van der Waals surface area contributed by atoms with Crippen molar-refractivity contribution < 1.29 is 9.59 Å². The van der Waals surface area contributed by atoms with Gasteiger partial charge in [-0.05, 0) is 25.8 Å². The third-order valence-corrected chi connectivity index (χ3v) is 5.49. The van der Waals surface area contributed by atoms with Crippen molar-refractivity contribution >= 4 is 11.8 Å². The molecule has 3 aromatic rings. The van der Waals surface area contributed by atoms with Crippen molar-refractivity contribution in [2.24, 2.45) is 5.92 Å². The van der Waals surface area contributed by atoms with E-state index in [4.69, 9.17) is 0 Å². The Morgan fingerprint density at radius 1 is 1.12 bits per heavy atom. The number of carbonyl (C=O) groups excluding carboxylic acids is 2. The van der Waals surface area contributed by atoms with Crippen molar-refractivity contribution in [3.8, 4) is 11.3 Å². The third kappa shape index (κ3) is 5.39. The van der Waals surface area contributed by atoms with E-state index >= 15 is 0 Å². The van der Waals surface area contributed by atoms with Gasteiger partial charge in [0.25, 0.3) is 11.8 Å². The number of pyridine rings is 1. The van der Waals surface area contributed by atoms with Gasteiger partial charge in [-0.1, -0.05) is 44.2 Å². The number of aromatic amines is 1. The number of aromatic nitrogens is 3. The van der Waals surface area contributed by atoms with Crippen LogP contribution in [0.15, 0.2) is 53.6 Å². The Bertz CT molecular complexity index is 1180. The SMILES string of the molecule is CCNC(=O)c1cn(CC(C)C)cc(C(=O)N(C)C(C)c2cc(-c3ccccc3)n[nH]2)c1=O. The number of carbonyl (C=O) groups is 2. The second-order valence-electron chi connectivity index (χ2n) is 8.53. The van der Waals surface area contributed by atoms with Crippen LogP contribution in [0.4, 0.5) is 0 Å². The Kier molecular flexibility index (Phi) is 7.48. The van der Waals surface area contributed by atoms with Gasteiger partial charge in [0.05, 0.1) is 17.4 Å². The van der Waals surface area contributed by atoms with Gasteiger partial charge in [0, 0.05) is 38.1 Å². The molecule has 2 aromatic heterocycles. The quantitative estimate of drug-likeness (QED) is 0.550. The molecular formula is C25H31N5O3. The zero-order chi connectivity index (χ0) is 24.1. The minimum Gasteiger partial charge on any atom is -0.352 e. The molecule has 8 heteroatoms. The first-order valence-corrected chi connectivity index (χ1v) is 11.1. The van der Waals surface area contributed by atoms with Crippen molar-refractivity contribution in [2.45, 2.75) is 40.3 Å². The predicted octanol–water partition coefficient (Wildman–Crippen LogP) is 3.48. The van der Waals surface area contributed by atoms with Crippen LogP contribution >= 0.6 is 0 Å². The first kappa shape index (κ1) is 24.0. The van der Waals surface area contributed by atoms with E-state index in [2.05, 4.69) is 15.5 Å². The summed E-state index contributed by atoms with van der Waals surface area (Å²) < 4.78 is 1.74. The summed E-state index contributed by atoms with van der Waals surface area (Å²) >= 11 is 0. The van der Waals surface area contributed by atoms with E-state index in [1.54, 1.807) is 24.7 Å². The van der Waals surface area contributed by atoms with Gasteiger partial charge in [0.1, 0.15) is 11.1 Å². The Labute approximate surface area is 193 Å². The first-order chi connectivity index (χ1) is 15.7. The number of rotatable bonds is 8. The summed E-state index contributed by atoms with van der Waals surface area (Å²) in [5.74, 6) is -0.658. The molecule has 2 N–H and O–H groups in total. The monoisotopic (exact) mass is 449 g/mol. The van der Waals surface area contributed by atoms with Crippen molar-refractivity contribution in [1.82, 2.24) is 25.0 Å². The summed E-state index contributed by atoms with van der Waals surface area (Å²) in [5.41, 5.74) is 1.85. The van der Waals surface area contributed by atoms with E-state index in [-0.39, 0.29) is 23.1 Å². The Hall–Kier alpha value is -3.68. The highest BCUT2D eigenvalue weighted by Crippen LogP contribution is 2.24. The van der Waals surface area contributed by atoms with Crippen LogP contribution in [-0.4, -0.2) is 45.1 Å². The topological polar surface area (TPSA) is 100 Å². The van der Waals surface area contributed by atoms with E-state index in [1.807, 2.05) is 57.2 Å². The molecule has 0 fully saturated rings. The highest BCUT2D eigenvalue weighted by atomic mass is 16.2. The van der Waals surface area contributed by atoms with Crippen LogP contribution in [-0.2, 0) is 6.54 Å². The molecule has 0 aliphatic rings. The average molecular weight is 450 g/mol. The Morgan fingerprint density at radius 2 is 1.79 bits per heavy atom. The molecule has 1 aromatic carbocycles. The van der Waals surface area contributed by atoms with E-state index in [0.717, 1.165) is 17.0 Å². The van der Waals surface area contributed by atoms with Crippen molar-refractivity contribution in [2.75, 3.05) is 13.6 Å². The minimum atomic E-state index is -0.570. The summed E-state index contributed by atoms with van der Waals surface area (Å²) in [6.07, 6.45) is 3.06. The van der Waals surface area contributed by atoms with E-state index in [1.165, 1.54) is 11.1 Å². The molecule has 2 amide bonds. The molecule has 33 heavy (non-hydrogen) atoms. The lowest BCUT2D eigenvalue weighted by atomic mass is 10.1. The van der Waals surface area contributed by atoms with E-state index in [0.29, 0.717) is 13.1 Å². The summed E-state index contributed by atoms with van der Waals surface area (Å²) in [7, 11) is 1.64. The fourth-order valence-corrected chi connectivity index (χ4v) is 3.61. The van der Waals surface area contributed by atoms with Crippen LogP contribution in [0.5, 0.6) is 0 Å². The summed E-state index contributed by atoms with van der Waals surface area (Å²) in [5, 5.41) is 10.0. The zero-order valence-corrected chi connectivity index (χ0v) is 19.8. The molecule has 174 valence electrons. The van der Waals surface area contributed by atoms with Crippen LogP contribution in [0.1, 0.15) is 60.1 Å². The maximum absolute atomic E-state index is 13.4. The molecule has 0 saturated carbocycles. The molecular weight excluding hydrogens is 418 g/mol. The van der Waals surface area contributed by atoms with Crippen LogP contribution in [0.2, 0.25) is 0 Å². The zero-order valence-electron chi connectivity index (χ0n) is 19.8. The number of hydrogen-bond donors (Lipinski definition) is 2. The summed E-state index contributed by atoms with van der Waals surface area (Å²) in [4.78, 5) is 40.4. The smallest absolute Gasteiger partial charge is 0.259 e. The maximum atomic E-state index is 13.4. The van der Waals surface area contributed by atoms with Crippen LogP contribution in [0.25, 0.3) is 11.3 Å². The van der Waals surface area contributed by atoms with Crippen molar-refractivity contribution in [3.05, 3.63) is 75.8 Å². The molecule has 0 saturated heterocycles. The van der Waals surface area contributed by atoms with Gasteiger partial charge in [-0.15, -0.1) is 0 Å². The van der Waals surface area contributed by atoms with Gasteiger partial charge >= 0.3 is 0 Å². The largest absolute Gasteiger partial charge is 0.352 e. The van der Waals surface area contributed by atoms with Crippen LogP contribution < -0.4 is 10.7 Å². The lowest BCUT2D eigenvalue weighted by molar-refractivity contribution is 0.0737. The molecule has 0 aliphatic carbocycles. The first-order valence-electron chi connectivity index (χ1n) is 11.1. The molecule has 8 nitrogen and oxygen atoms in total. The maximum Gasteiger partial charge on any atom is 0.259 e. The lowest BCUT2D eigenvalue weighted by Crippen LogP contribution is -2.37. The summed E-state index contributed by atoms with van der Waals surface area (Å²) in [6, 6.07) is 11.3. The molecule has 2 heterocycles. The van der Waals surface area contributed by atoms with E-state index in [9.17, 15) is 14.4 Å². The van der Waals surface area contributed by atoms with Gasteiger partial charge in [-0.2, -0.15) is 5.10 Å². The molecule has 0 radical (unpaired) electrons. The highest BCUT2D eigenvalue weighted by Gasteiger charge is 2.26. The average Bonchev–Trinajstić information content (AvgIpc) is 3.29. The number of benzene rings is 1. The van der Waals surface area contributed by atoms with Crippen LogP contribution in [0, 0.1) is 5.92 Å². The Morgan fingerprint density at radius 3 is 2.42 bits per heavy atom. The van der Waals surface area contributed by atoms with E-state index < -0.39 is 17.2 Å². The lowest BCUT2D eigenvalue weighted by Gasteiger charge is -2.24. The van der Waals surface area contributed by atoms with Gasteiger partial charge in [0.2, 0.25) is 5.43 Å². The molecule has 1 unspecified atom stereocenters. The van der Waals surface area contributed by atoms with Gasteiger partial charge in [0.15, 0.2) is 0 Å². The fraction of sp³-hybridized carbons (Fsp3) is 0.360. The molecule has 0 bridgehead atoms. The fourth-order valence-electron chi connectivity index (χ4n) is 3.61. The molecule has 1 atom stereocenters. The van der Waals surface area contributed by atoms with Crippen molar-refractivity contribution in [3.63, 3.8) is 0 Å². The number of amides is 2. The third-order valence-electron chi connectivity index (χ3n) is 5.49. The van der Waals surface area contributed by atoms with Gasteiger partial charge in [-0.3, -0.25) is 19.5 Å². The second-order valence-corrected chi connectivity index (χ2v) is 8.53. The summed E-state index contributed by atoms with van der Waals surface area (Å²) in [6.45, 7) is 8.67. The predicted molar refractivity (Wildman–Crippen MR) is 128 cm³/mol. The second kappa shape index (κ2) is 10.3. The molecule has 0 aliphatic heterocycles. The molecule has 0 spiro atoms. The molecule has 3 rings (SSSR count). The number of nitrogens with one attached hydrogen (secondary N) is 2. The van der Waals surface area contributed by atoms with Gasteiger partial charge < -0.3 is 14.8 Å². The number of nitrogens with zero attached hydrogens (tertiary/aromatic N) is 3. The highest BCUT2D eigenvalue weighted by molar-refractivity contribution is 5.99. The standard InChI is InChI=1S/C25H31N5O3/c1-6-26-24(32)19-14-30(13-16(2)3)15-20(23(19)31)25(33)29(5)17(4)21-12-22(28-27-21)18-10-8-7-9-11-18/h7-12,14-17H,6,13H2,1-5H3,(H,26,32)(H,27,28). The Balaban J connectivity index is 1.93. The van der Waals surface area contributed by atoms with Gasteiger partial charge in [-0.25, -0.2) is 0 Å².